The number of hydrogen-bond acceptors (Lipinski definition) is 3. The number of anilines is 1. The molecule has 0 atom stereocenters. The van der Waals surface area contributed by atoms with Crippen molar-refractivity contribution >= 4 is 29.2 Å². The van der Waals surface area contributed by atoms with Gasteiger partial charge in [0.25, 0.3) is 5.91 Å². The monoisotopic (exact) mass is 303 g/mol. The van der Waals surface area contributed by atoms with Gasteiger partial charge in [0.15, 0.2) is 0 Å². The number of aryl methyl sites for hydroxylation is 1. The summed E-state index contributed by atoms with van der Waals surface area (Å²) in [6.45, 7) is 1.84. The van der Waals surface area contributed by atoms with Crippen LogP contribution in [0.4, 0.5) is 5.69 Å². The van der Waals surface area contributed by atoms with Crippen LogP contribution in [0.1, 0.15) is 26.3 Å². The van der Waals surface area contributed by atoms with Gasteiger partial charge in [0, 0.05) is 16.3 Å². The van der Waals surface area contributed by atoms with Gasteiger partial charge in [-0.1, -0.05) is 17.7 Å². The van der Waals surface area contributed by atoms with E-state index in [0.29, 0.717) is 21.8 Å². The lowest BCUT2D eigenvalue weighted by molar-refractivity contribution is 0.0600. The van der Waals surface area contributed by atoms with Crippen LogP contribution in [-0.4, -0.2) is 19.0 Å². The maximum absolute atomic E-state index is 12.2. The van der Waals surface area contributed by atoms with E-state index in [1.165, 1.54) is 7.11 Å². The molecule has 0 heterocycles. The van der Waals surface area contributed by atoms with Gasteiger partial charge in [-0.05, 0) is 48.9 Å². The van der Waals surface area contributed by atoms with E-state index in [2.05, 4.69) is 10.1 Å². The van der Waals surface area contributed by atoms with E-state index in [1.807, 2.05) is 6.92 Å². The Kier molecular flexibility index (Phi) is 4.60. The van der Waals surface area contributed by atoms with Crippen molar-refractivity contribution in [3.63, 3.8) is 0 Å². The number of hydrogen-bond donors (Lipinski definition) is 1. The Hall–Kier alpha value is -2.33. The first kappa shape index (κ1) is 15.1. The average molecular weight is 304 g/mol. The molecule has 0 fully saturated rings. The van der Waals surface area contributed by atoms with Crippen LogP contribution in [0.2, 0.25) is 5.02 Å². The van der Waals surface area contributed by atoms with Crippen molar-refractivity contribution in [2.75, 3.05) is 12.4 Å². The molecule has 2 rings (SSSR count). The molecule has 0 aliphatic rings. The molecule has 1 amide bonds. The Bertz CT molecular complexity index is 680. The van der Waals surface area contributed by atoms with Gasteiger partial charge in [0.05, 0.1) is 12.7 Å². The highest BCUT2D eigenvalue weighted by Crippen LogP contribution is 2.18. The van der Waals surface area contributed by atoms with Gasteiger partial charge >= 0.3 is 5.97 Å². The van der Waals surface area contributed by atoms with Crippen LogP contribution in [0.25, 0.3) is 0 Å². The van der Waals surface area contributed by atoms with Crippen LogP contribution in [-0.2, 0) is 4.74 Å². The zero-order valence-corrected chi connectivity index (χ0v) is 12.4. The fraction of sp³-hybridized carbons (Fsp3) is 0.125. The summed E-state index contributed by atoms with van der Waals surface area (Å²) < 4.78 is 4.61. The zero-order valence-electron chi connectivity index (χ0n) is 11.6. The lowest BCUT2D eigenvalue weighted by Gasteiger charge is -2.08. The molecule has 0 aliphatic heterocycles. The van der Waals surface area contributed by atoms with Crippen molar-refractivity contribution in [1.29, 1.82) is 0 Å². The number of ether oxygens (including phenoxy) is 1. The average Bonchev–Trinajstić information content (AvgIpc) is 2.49. The molecule has 0 spiro atoms. The van der Waals surface area contributed by atoms with Crippen LogP contribution in [0.3, 0.4) is 0 Å². The molecule has 0 aromatic heterocycles. The molecule has 2 aromatic carbocycles. The fourth-order valence-corrected chi connectivity index (χ4v) is 2.02. The van der Waals surface area contributed by atoms with Gasteiger partial charge in [-0.25, -0.2) is 4.79 Å². The molecule has 21 heavy (non-hydrogen) atoms. The highest BCUT2D eigenvalue weighted by atomic mass is 35.5. The summed E-state index contributed by atoms with van der Waals surface area (Å²) in [6.07, 6.45) is 0. The molecule has 2 aromatic rings. The minimum atomic E-state index is -0.418. The molecule has 5 heteroatoms. The van der Waals surface area contributed by atoms with E-state index in [-0.39, 0.29) is 5.91 Å². The maximum Gasteiger partial charge on any atom is 0.337 e. The molecule has 0 aliphatic carbocycles. The molecule has 4 nitrogen and oxygen atoms in total. The van der Waals surface area contributed by atoms with Crippen molar-refractivity contribution in [3.8, 4) is 0 Å². The van der Waals surface area contributed by atoms with Crippen LogP contribution in [0, 0.1) is 6.92 Å². The summed E-state index contributed by atoms with van der Waals surface area (Å²) in [5.74, 6) is -0.667. The highest BCUT2D eigenvalue weighted by Gasteiger charge is 2.11. The van der Waals surface area contributed by atoms with E-state index in [4.69, 9.17) is 11.6 Å². The third-order valence-corrected chi connectivity index (χ3v) is 3.24. The van der Waals surface area contributed by atoms with E-state index in [9.17, 15) is 9.59 Å². The maximum atomic E-state index is 12.2. The van der Waals surface area contributed by atoms with E-state index >= 15 is 0 Å². The van der Waals surface area contributed by atoms with Gasteiger partial charge in [-0.2, -0.15) is 0 Å². The second-order valence-corrected chi connectivity index (χ2v) is 4.92. The molecule has 1 N–H and O–H groups in total. The van der Waals surface area contributed by atoms with Crippen LogP contribution < -0.4 is 5.32 Å². The number of carbonyl (C=O) groups is 2. The molecule has 108 valence electrons. The number of rotatable bonds is 3. The van der Waals surface area contributed by atoms with Crippen LogP contribution in [0.15, 0.2) is 42.5 Å². The van der Waals surface area contributed by atoms with Gasteiger partial charge in [0.1, 0.15) is 0 Å². The Labute approximate surface area is 127 Å². The lowest BCUT2D eigenvalue weighted by Crippen LogP contribution is -2.13. The fourth-order valence-electron chi connectivity index (χ4n) is 1.84. The quantitative estimate of drug-likeness (QED) is 0.880. The smallest absolute Gasteiger partial charge is 0.337 e. The van der Waals surface area contributed by atoms with Crippen molar-refractivity contribution in [2.24, 2.45) is 0 Å². The number of carbonyl (C=O) groups excluding carboxylic acids is 2. The summed E-state index contributed by atoms with van der Waals surface area (Å²) in [4.78, 5) is 23.5. The molecule has 0 saturated carbocycles. The molecule has 0 unspecified atom stereocenters. The standard InChI is InChI=1S/C16H14ClNO3/c1-10-3-6-12(17)9-14(10)15(19)18-13-7-4-11(5-8-13)16(20)21-2/h3-9H,1-2H3,(H,18,19). The Balaban J connectivity index is 2.16. The third kappa shape index (κ3) is 3.61. The highest BCUT2D eigenvalue weighted by molar-refractivity contribution is 6.31. The topological polar surface area (TPSA) is 55.4 Å². The predicted molar refractivity (Wildman–Crippen MR) is 81.9 cm³/mol. The van der Waals surface area contributed by atoms with Crippen molar-refractivity contribution < 1.29 is 14.3 Å². The van der Waals surface area contributed by atoms with Crippen LogP contribution >= 0.6 is 11.6 Å². The number of esters is 1. The molecule has 0 bridgehead atoms. The van der Waals surface area contributed by atoms with Crippen LogP contribution in [0.5, 0.6) is 0 Å². The number of nitrogens with one attached hydrogen (secondary N) is 1. The van der Waals surface area contributed by atoms with Gasteiger partial charge in [-0.3, -0.25) is 4.79 Å². The first-order valence-corrected chi connectivity index (χ1v) is 6.65. The zero-order chi connectivity index (χ0) is 15.4. The summed E-state index contributed by atoms with van der Waals surface area (Å²) in [6, 6.07) is 11.6. The summed E-state index contributed by atoms with van der Waals surface area (Å²) in [5.41, 5.74) is 2.36. The van der Waals surface area contributed by atoms with E-state index in [0.717, 1.165) is 5.56 Å². The minimum Gasteiger partial charge on any atom is -0.465 e. The van der Waals surface area contributed by atoms with E-state index in [1.54, 1.807) is 42.5 Å². The largest absolute Gasteiger partial charge is 0.465 e. The molecule has 0 saturated heterocycles. The number of amides is 1. The summed E-state index contributed by atoms with van der Waals surface area (Å²) in [7, 11) is 1.32. The number of methoxy groups -OCH3 is 1. The van der Waals surface area contributed by atoms with Crippen molar-refractivity contribution in [3.05, 3.63) is 64.2 Å². The van der Waals surface area contributed by atoms with Gasteiger partial charge < -0.3 is 10.1 Å². The Morgan fingerprint density at radius 2 is 1.76 bits per heavy atom. The second kappa shape index (κ2) is 6.41. The Morgan fingerprint density at radius 1 is 1.10 bits per heavy atom. The normalized spacial score (nSPS) is 10.0. The van der Waals surface area contributed by atoms with Crippen molar-refractivity contribution in [1.82, 2.24) is 0 Å². The third-order valence-electron chi connectivity index (χ3n) is 3.01. The summed E-state index contributed by atoms with van der Waals surface area (Å²) in [5, 5.41) is 3.27. The molecular formula is C16H14ClNO3. The SMILES string of the molecule is COC(=O)c1ccc(NC(=O)c2cc(Cl)ccc2C)cc1. The molecular weight excluding hydrogens is 290 g/mol. The van der Waals surface area contributed by atoms with E-state index < -0.39 is 5.97 Å². The van der Waals surface area contributed by atoms with Gasteiger partial charge in [0.2, 0.25) is 0 Å². The minimum absolute atomic E-state index is 0.249. The first-order chi connectivity index (χ1) is 10.0. The van der Waals surface area contributed by atoms with Crippen molar-refractivity contribution in [2.45, 2.75) is 6.92 Å². The molecule has 0 radical (unpaired) electrons. The van der Waals surface area contributed by atoms with Gasteiger partial charge in [-0.15, -0.1) is 0 Å². The summed E-state index contributed by atoms with van der Waals surface area (Å²) >= 11 is 5.90. The number of halogens is 1. The first-order valence-electron chi connectivity index (χ1n) is 6.27. The lowest BCUT2D eigenvalue weighted by atomic mass is 10.1. The Morgan fingerprint density at radius 3 is 2.38 bits per heavy atom. The predicted octanol–water partition coefficient (Wildman–Crippen LogP) is 3.69. The number of benzene rings is 2. The second-order valence-electron chi connectivity index (χ2n) is 4.48.